The van der Waals surface area contributed by atoms with E-state index in [4.69, 9.17) is 0 Å². The zero-order valence-corrected chi connectivity index (χ0v) is 13.1. The van der Waals surface area contributed by atoms with Crippen molar-refractivity contribution in [3.05, 3.63) is 64.1 Å². The Morgan fingerprint density at radius 3 is 2.86 bits per heavy atom. The van der Waals surface area contributed by atoms with Crippen LogP contribution < -0.4 is 5.32 Å². The molecule has 0 aliphatic heterocycles. The number of fused-ring (bicyclic) bond motifs is 1. The van der Waals surface area contributed by atoms with Crippen molar-refractivity contribution < 1.29 is 4.39 Å². The van der Waals surface area contributed by atoms with Gasteiger partial charge in [-0.25, -0.2) is 9.37 Å². The summed E-state index contributed by atoms with van der Waals surface area (Å²) in [5.74, 6) is 0.658. The van der Waals surface area contributed by atoms with Crippen molar-refractivity contribution in [3.8, 4) is 0 Å². The Labute approximate surface area is 130 Å². The summed E-state index contributed by atoms with van der Waals surface area (Å²) in [5.41, 5.74) is 3.01. The van der Waals surface area contributed by atoms with Gasteiger partial charge < -0.3 is 10.3 Å². The zero-order chi connectivity index (χ0) is 14.8. The maximum Gasteiger partial charge on any atom is 0.124 e. The van der Waals surface area contributed by atoms with E-state index in [2.05, 4.69) is 38.1 Å². The summed E-state index contributed by atoms with van der Waals surface area (Å²) in [6, 6.07) is 12.7. The van der Waals surface area contributed by atoms with Gasteiger partial charge in [0.2, 0.25) is 0 Å². The van der Waals surface area contributed by atoms with Crippen molar-refractivity contribution in [2.75, 3.05) is 0 Å². The Kier molecular flexibility index (Phi) is 4.03. The number of rotatable bonds is 4. The molecule has 0 amide bonds. The van der Waals surface area contributed by atoms with Gasteiger partial charge in [0.05, 0.1) is 17.1 Å². The molecular weight excluding hydrogens is 333 g/mol. The van der Waals surface area contributed by atoms with Crippen molar-refractivity contribution in [1.29, 1.82) is 0 Å². The van der Waals surface area contributed by atoms with Gasteiger partial charge in [0.25, 0.3) is 0 Å². The lowest BCUT2D eigenvalue weighted by molar-refractivity contribution is 0.550. The average molecular weight is 348 g/mol. The third kappa shape index (κ3) is 3.14. The second-order valence-corrected chi connectivity index (χ2v) is 5.83. The minimum atomic E-state index is -0.240. The third-order valence-corrected chi connectivity index (χ3v) is 4.17. The quantitative estimate of drug-likeness (QED) is 0.737. The summed E-state index contributed by atoms with van der Waals surface area (Å²) >= 11 is 3.38. The smallest absolute Gasteiger partial charge is 0.124 e. The number of hydrogen-bond acceptors (Lipinski definition) is 2. The molecule has 2 aromatic carbocycles. The number of hydrogen-bond donors (Lipinski definition) is 2. The second-order valence-electron chi connectivity index (χ2n) is 4.98. The maximum atomic E-state index is 13.1. The van der Waals surface area contributed by atoms with E-state index in [9.17, 15) is 4.39 Å². The van der Waals surface area contributed by atoms with E-state index in [1.165, 1.54) is 12.1 Å². The van der Waals surface area contributed by atoms with Crippen LogP contribution in [-0.4, -0.2) is 9.97 Å². The van der Waals surface area contributed by atoms with Crippen LogP contribution in [0.2, 0.25) is 0 Å². The number of benzene rings is 2. The van der Waals surface area contributed by atoms with Crippen molar-refractivity contribution >= 4 is 27.0 Å². The van der Waals surface area contributed by atoms with Gasteiger partial charge in [-0.15, -0.1) is 0 Å². The first kappa shape index (κ1) is 14.2. The number of imidazole rings is 1. The second kappa shape index (κ2) is 5.95. The molecule has 0 bridgehead atoms. The van der Waals surface area contributed by atoms with Crippen LogP contribution in [-0.2, 0) is 6.54 Å². The molecule has 0 aliphatic rings. The number of aromatic nitrogens is 2. The Hall–Kier alpha value is -1.72. The largest absolute Gasteiger partial charge is 0.341 e. The Morgan fingerprint density at radius 1 is 1.29 bits per heavy atom. The first-order chi connectivity index (χ1) is 10.1. The van der Waals surface area contributed by atoms with Crippen LogP contribution in [0.3, 0.4) is 0 Å². The lowest BCUT2D eigenvalue weighted by atomic mass is 10.2. The highest BCUT2D eigenvalue weighted by atomic mass is 79.9. The Balaban J connectivity index is 1.72. The molecule has 0 fully saturated rings. The van der Waals surface area contributed by atoms with Gasteiger partial charge in [-0.2, -0.15) is 0 Å². The first-order valence-electron chi connectivity index (χ1n) is 6.75. The molecular formula is C16H15BrFN3. The molecule has 2 N–H and O–H groups in total. The summed E-state index contributed by atoms with van der Waals surface area (Å²) in [6.07, 6.45) is 0. The number of nitrogens with zero attached hydrogens (tertiary/aromatic N) is 1. The predicted octanol–water partition coefficient (Wildman–Crippen LogP) is 4.32. The summed E-state index contributed by atoms with van der Waals surface area (Å²) < 4.78 is 13.8. The molecule has 1 aromatic heterocycles. The molecule has 0 aliphatic carbocycles. The fraction of sp³-hybridized carbons (Fsp3) is 0.188. The summed E-state index contributed by atoms with van der Waals surface area (Å²) in [4.78, 5) is 7.88. The number of aromatic amines is 1. The fourth-order valence-electron chi connectivity index (χ4n) is 2.20. The van der Waals surface area contributed by atoms with E-state index in [-0.39, 0.29) is 11.9 Å². The molecule has 21 heavy (non-hydrogen) atoms. The van der Waals surface area contributed by atoms with Gasteiger partial charge in [0.15, 0.2) is 0 Å². The highest BCUT2D eigenvalue weighted by Gasteiger charge is 2.11. The highest BCUT2D eigenvalue weighted by molar-refractivity contribution is 9.10. The molecule has 3 aromatic rings. The monoisotopic (exact) mass is 347 g/mol. The summed E-state index contributed by atoms with van der Waals surface area (Å²) in [7, 11) is 0. The molecule has 0 saturated carbocycles. The molecule has 5 heteroatoms. The Morgan fingerprint density at radius 2 is 2.10 bits per heavy atom. The molecule has 1 heterocycles. The van der Waals surface area contributed by atoms with E-state index in [1.807, 2.05) is 24.3 Å². The van der Waals surface area contributed by atoms with Gasteiger partial charge in [0.1, 0.15) is 11.6 Å². The normalized spacial score (nSPS) is 12.7. The van der Waals surface area contributed by atoms with Crippen LogP contribution >= 0.6 is 15.9 Å². The number of para-hydroxylation sites is 2. The van der Waals surface area contributed by atoms with Gasteiger partial charge >= 0.3 is 0 Å². The summed E-state index contributed by atoms with van der Waals surface area (Å²) in [5, 5.41) is 3.39. The first-order valence-corrected chi connectivity index (χ1v) is 7.55. The lowest BCUT2D eigenvalue weighted by Gasteiger charge is -2.12. The SMILES string of the molecule is CC(NCc1ccc(F)cc1Br)c1nc2ccccc2[nH]1. The van der Waals surface area contributed by atoms with E-state index in [1.54, 1.807) is 6.07 Å². The van der Waals surface area contributed by atoms with Crippen molar-refractivity contribution in [2.24, 2.45) is 0 Å². The lowest BCUT2D eigenvalue weighted by Crippen LogP contribution is -2.19. The number of H-pyrrole nitrogens is 1. The van der Waals surface area contributed by atoms with E-state index in [0.29, 0.717) is 6.54 Å². The predicted molar refractivity (Wildman–Crippen MR) is 85.4 cm³/mol. The molecule has 108 valence electrons. The van der Waals surface area contributed by atoms with Crippen LogP contribution in [0.1, 0.15) is 24.4 Å². The summed E-state index contributed by atoms with van der Waals surface area (Å²) in [6.45, 7) is 2.69. The fourth-order valence-corrected chi connectivity index (χ4v) is 2.69. The molecule has 1 atom stereocenters. The van der Waals surface area contributed by atoms with Crippen LogP contribution in [0, 0.1) is 5.82 Å². The number of nitrogens with one attached hydrogen (secondary N) is 2. The van der Waals surface area contributed by atoms with Crippen LogP contribution in [0.25, 0.3) is 11.0 Å². The average Bonchev–Trinajstić information content (AvgIpc) is 2.90. The van der Waals surface area contributed by atoms with Crippen molar-refractivity contribution in [1.82, 2.24) is 15.3 Å². The third-order valence-electron chi connectivity index (χ3n) is 3.43. The molecule has 0 saturated heterocycles. The van der Waals surface area contributed by atoms with Crippen LogP contribution in [0.5, 0.6) is 0 Å². The highest BCUT2D eigenvalue weighted by Crippen LogP contribution is 2.20. The molecule has 0 spiro atoms. The molecule has 1 unspecified atom stereocenters. The molecule has 0 radical (unpaired) electrons. The molecule has 3 rings (SSSR count). The van der Waals surface area contributed by atoms with Gasteiger partial charge in [-0.1, -0.05) is 34.1 Å². The van der Waals surface area contributed by atoms with Gasteiger partial charge in [-0.05, 0) is 36.8 Å². The zero-order valence-electron chi connectivity index (χ0n) is 11.5. The molecule has 3 nitrogen and oxygen atoms in total. The maximum absolute atomic E-state index is 13.1. The van der Waals surface area contributed by atoms with Gasteiger partial charge in [-0.3, -0.25) is 0 Å². The standard InChI is InChI=1S/C16H15BrFN3/c1-10(16-20-14-4-2-3-5-15(14)21-16)19-9-11-6-7-12(18)8-13(11)17/h2-8,10,19H,9H2,1H3,(H,20,21). The van der Waals surface area contributed by atoms with Crippen LogP contribution in [0.15, 0.2) is 46.9 Å². The van der Waals surface area contributed by atoms with Crippen molar-refractivity contribution in [2.45, 2.75) is 19.5 Å². The topological polar surface area (TPSA) is 40.7 Å². The Bertz CT molecular complexity index is 736. The number of halogens is 2. The minimum Gasteiger partial charge on any atom is -0.341 e. The van der Waals surface area contributed by atoms with E-state index >= 15 is 0 Å². The van der Waals surface area contributed by atoms with E-state index in [0.717, 1.165) is 26.9 Å². The van der Waals surface area contributed by atoms with Gasteiger partial charge in [0, 0.05) is 11.0 Å². The minimum absolute atomic E-state index is 0.0781. The van der Waals surface area contributed by atoms with E-state index < -0.39 is 0 Å². The van der Waals surface area contributed by atoms with Crippen molar-refractivity contribution in [3.63, 3.8) is 0 Å². The van der Waals surface area contributed by atoms with Crippen LogP contribution in [0.4, 0.5) is 4.39 Å².